The molecule has 110 valence electrons. The molecular formula is C15H19N5O. The molecule has 0 bridgehead atoms. The highest BCUT2D eigenvalue weighted by molar-refractivity contribution is 5.42. The maximum Gasteiger partial charge on any atom is 0.228 e. The summed E-state index contributed by atoms with van der Waals surface area (Å²) in [6.45, 7) is 5.54. The van der Waals surface area contributed by atoms with Crippen molar-refractivity contribution in [3.63, 3.8) is 0 Å². The van der Waals surface area contributed by atoms with Gasteiger partial charge in [0, 0.05) is 44.1 Å². The van der Waals surface area contributed by atoms with Crippen LogP contribution in [-0.4, -0.2) is 48.2 Å². The number of nitrogens with zero attached hydrogens (tertiary/aromatic N) is 5. The second-order valence-electron chi connectivity index (χ2n) is 5.01. The van der Waals surface area contributed by atoms with Crippen LogP contribution in [0.25, 0.3) is 0 Å². The maximum atomic E-state index is 5.22. The molecule has 0 aliphatic carbocycles. The van der Waals surface area contributed by atoms with Crippen LogP contribution in [0.3, 0.4) is 0 Å². The van der Waals surface area contributed by atoms with Crippen LogP contribution in [0.2, 0.25) is 0 Å². The van der Waals surface area contributed by atoms with Crippen LogP contribution in [0.15, 0.2) is 30.5 Å². The number of anilines is 2. The van der Waals surface area contributed by atoms with Crippen molar-refractivity contribution >= 4 is 11.8 Å². The predicted molar refractivity (Wildman–Crippen MR) is 82.0 cm³/mol. The summed E-state index contributed by atoms with van der Waals surface area (Å²) in [6.07, 6.45) is 1.83. The Labute approximate surface area is 124 Å². The monoisotopic (exact) mass is 285 g/mol. The van der Waals surface area contributed by atoms with Gasteiger partial charge < -0.3 is 14.5 Å². The number of methoxy groups -OCH3 is 1. The highest BCUT2D eigenvalue weighted by atomic mass is 16.5. The lowest BCUT2D eigenvalue weighted by Gasteiger charge is -2.35. The van der Waals surface area contributed by atoms with Crippen LogP contribution in [0.4, 0.5) is 11.8 Å². The van der Waals surface area contributed by atoms with Gasteiger partial charge in [0.15, 0.2) is 0 Å². The number of rotatable bonds is 3. The summed E-state index contributed by atoms with van der Waals surface area (Å²) < 4.78 is 5.22. The van der Waals surface area contributed by atoms with Gasteiger partial charge in [0.05, 0.1) is 7.11 Å². The molecule has 0 unspecified atom stereocenters. The summed E-state index contributed by atoms with van der Waals surface area (Å²) in [5, 5.41) is 0. The summed E-state index contributed by atoms with van der Waals surface area (Å²) in [4.78, 5) is 17.8. The van der Waals surface area contributed by atoms with Crippen LogP contribution < -0.4 is 14.5 Å². The fourth-order valence-corrected chi connectivity index (χ4v) is 2.45. The molecule has 0 radical (unpaired) electrons. The molecule has 0 N–H and O–H groups in total. The van der Waals surface area contributed by atoms with E-state index in [1.165, 1.54) is 0 Å². The Morgan fingerprint density at radius 3 is 2.48 bits per heavy atom. The molecule has 0 saturated carbocycles. The van der Waals surface area contributed by atoms with Gasteiger partial charge in [0.2, 0.25) is 11.8 Å². The van der Waals surface area contributed by atoms with Gasteiger partial charge in [-0.1, -0.05) is 6.07 Å². The minimum atomic E-state index is 0.615. The summed E-state index contributed by atoms with van der Waals surface area (Å²) in [6, 6.07) is 7.84. The summed E-state index contributed by atoms with van der Waals surface area (Å²) in [5.74, 6) is 2.39. The smallest absolute Gasteiger partial charge is 0.228 e. The van der Waals surface area contributed by atoms with Crippen molar-refractivity contribution in [3.05, 3.63) is 36.2 Å². The second-order valence-corrected chi connectivity index (χ2v) is 5.01. The van der Waals surface area contributed by atoms with E-state index >= 15 is 0 Å². The van der Waals surface area contributed by atoms with E-state index in [4.69, 9.17) is 4.74 Å². The molecule has 6 heteroatoms. The number of piperazine rings is 1. The fraction of sp³-hybridized carbons (Fsp3) is 0.400. The molecular weight excluding hydrogens is 266 g/mol. The molecule has 1 saturated heterocycles. The Morgan fingerprint density at radius 1 is 1.05 bits per heavy atom. The molecule has 2 aromatic rings. The molecule has 1 aliphatic rings. The van der Waals surface area contributed by atoms with Crippen molar-refractivity contribution < 1.29 is 4.74 Å². The summed E-state index contributed by atoms with van der Waals surface area (Å²) in [5.41, 5.74) is 0.920. The number of hydrogen-bond donors (Lipinski definition) is 0. The van der Waals surface area contributed by atoms with Crippen LogP contribution in [-0.2, 0) is 0 Å². The third kappa shape index (κ3) is 3.04. The maximum absolute atomic E-state index is 5.22. The zero-order valence-electron chi connectivity index (χ0n) is 12.4. The van der Waals surface area contributed by atoms with Crippen molar-refractivity contribution in [2.24, 2.45) is 0 Å². The third-order valence-corrected chi connectivity index (χ3v) is 3.56. The Hall–Kier alpha value is -2.37. The average molecular weight is 285 g/mol. The zero-order chi connectivity index (χ0) is 14.7. The number of aryl methyl sites for hydroxylation is 1. The molecule has 0 atom stereocenters. The predicted octanol–water partition coefficient (Wildman–Crippen LogP) is 1.52. The molecule has 3 rings (SSSR count). The molecule has 6 nitrogen and oxygen atoms in total. The van der Waals surface area contributed by atoms with E-state index in [9.17, 15) is 0 Å². The highest BCUT2D eigenvalue weighted by Gasteiger charge is 2.20. The zero-order valence-corrected chi connectivity index (χ0v) is 12.4. The van der Waals surface area contributed by atoms with E-state index in [2.05, 4.69) is 24.8 Å². The highest BCUT2D eigenvalue weighted by Crippen LogP contribution is 2.18. The molecule has 0 spiro atoms. The van der Waals surface area contributed by atoms with Crippen LogP contribution >= 0.6 is 0 Å². The normalized spacial score (nSPS) is 15.1. The van der Waals surface area contributed by atoms with Gasteiger partial charge in [-0.15, -0.1) is 0 Å². The van der Waals surface area contributed by atoms with Crippen LogP contribution in [0.5, 0.6) is 5.88 Å². The lowest BCUT2D eigenvalue weighted by Crippen LogP contribution is -2.47. The van der Waals surface area contributed by atoms with Crippen molar-refractivity contribution in [1.82, 2.24) is 15.0 Å². The van der Waals surface area contributed by atoms with E-state index in [-0.39, 0.29) is 0 Å². The van der Waals surface area contributed by atoms with E-state index in [1.807, 2.05) is 37.4 Å². The Kier molecular flexibility index (Phi) is 3.85. The molecule has 0 aromatic carbocycles. The molecule has 1 aliphatic heterocycles. The summed E-state index contributed by atoms with van der Waals surface area (Å²) in [7, 11) is 1.63. The van der Waals surface area contributed by atoms with Gasteiger partial charge >= 0.3 is 0 Å². The van der Waals surface area contributed by atoms with Crippen molar-refractivity contribution in [3.8, 4) is 5.88 Å². The van der Waals surface area contributed by atoms with Gasteiger partial charge in [0.25, 0.3) is 0 Å². The van der Waals surface area contributed by atoms with Gasteiger partial charge in [-0.05, 0) is 19.1 Å². The van der Waals surface area contributed by atoms with E-state index in [0.717, 1.165) is 43.6 Å². The average Bonchev–Trinajstić information content (AvgIpc) is 2.55. The standard InChI is InChI=1S/C15H19N5O/c1-12-11-14(21-2)18-15(17-12)20-9-7-19(8-10-20)13-5-3-4-6-16-13/h3-6,11H,7-10H2,1-2H3. The summed E-state index contributed by atoms with van der Waals surface area (Å²) >= 11 is 0. The van der Waals surface area contributed by atoms with E-state index in [0.29, 0.717) is 5.88 Å². The lowest BCUT2D eigenvalue weighted by molar-refractivity contribution is 0.396. The van der Waals surface area contributed by atoms with Gasteiger partial charge in [0.1, 0.15) is 5.82 Å². The molecule has 1 fully saturated rings. The van der Waals surface area contributed by atoms with Gasteiger partial charge in [-0.3, -0.25) is 0 Å². The Balaban J connectivity index is 1.70. The minimum absolute atomic E-state index is 0.615. The molecule has 2 aromatic heterocycles. The number of ether oxygens (including phenoxy) is 1. The largest absolute Gasteiger partial charge is 0.481 e. The molecule has 0 amide bonds. The molecule has 3 heterocycles. The Bertz CT molecular complexity index is 596. The molecule has 21 heavy (non-hydrogen) atoms. The van der Waals surface area contributed by atoms with Crippen molar-refractivity contribution in [2.45, 2.75) is 6.92 Å². The topological polar surface area (TPSA) is 54.4 Å². The quantitative estimate of drug-likeness (QED) is 0.852. The third-order valence-electron chi connectivity index (χ3n) is 3.56. The number of pyridine rings is 1. The van der Waals surface area contributed by atoms with Crippen molar-refractivity contribution in [2.75, 3.05) is 43.1 Å². The first-order chi connectivity index (χ1) is 10.3. The fourth-order valence-electron chi connectivity index (χ4n) is 2.45. The van der Waals surface area contributed by atoms with Crippen LogP contribution in [0, 0.1) is 6.92 Å². The van der Waals surface area contributed by atoms with Crippen LogP contribution in [0.1, 0.15) is 5.69 Å². The van der Waals surface area contributed by atoms with E-state index in [1.54, 1.807) is 7.11 Å². The second kappa shape index (κ2) is 5.95. The number of hydrogen-bond acceptors (Lipinski definition) is 6. The first-order valence-electron chi connectivity index (χ1n) is 7.07. The van der Waals surface area contributed by atoms with Gasteiger partial charge in [-0.25, -0.2) is 9.97 Å². The minimum Gasteiger partial charge on any atom is -0.481 e. The Morgan fingerprint density at radius 2 is 1.81 bits per heavy atom. The van der Waals surface area contributed by atoms with E-state index < -0.39 is 0 Å². The SMILES string of the molecule is COc1cc(C)nc(N2CCN(c3ccccn3)CC2)n1. The first-order valence-corrected chi connectivity index (χ1v) is 7.07. The van der Waals surface area contributed by atoms with Crippen molar-refractivity contribution in [1.29, 1.82) is 0 Å². The number of aromatic nitrogens is 3. The lowest BCUT2D eigenvalue weighted by atomic mass is 10.3. The van der Waals surface area contributed by atoms with Gasteiger partial charge in [-0.2, -0.15) is 4.98 Å². The first kappa shape index (κ1) is 13.6.